The minimum atomic E-state index is -0.761. The molecule has 0 aromatic rings. The van der Waals surface area contributed by atoms with Crippen molar-refractivity contribution in [1.29, 1.82) is 0 Å². The van der Waals surface area contributed by atoms with Crippen LogP contribution < -0.4 is 0 Å². The third kappa shape index (κ3) is 47.5. The van der Waals surface area contributed by atoms with Crippen LogP contribution in [0.3, 0.4) is 0 Å². The summed E-state index contributed by atoms with van der Waals surface area (Å²) in [5.41, 5.74) is 0. The third-order valence-corrected chi connectivity index (χ3v) is 12.3. The number of rotatable bonds is 49. The zero-order valence-corrected chi connectivity index (χ0v) is 40.9. The number of esters is 3. The maximum atomic E-state index is 12.8. The molecule has 1 atom stereocenters. The van der Waals surface area contributed by atoms with Gasteiger partial charge in [0, 0.05) is 19.3 Å². The Morgan fingerprint density at radius 3 is 0.817 bits per heavy atom. The van der Waals surface area contributed by atoms with Crippen LogP contribution in [0.25, 0.3) is 0 Å². The number of hydrogen-bond donors (Lipinski definition) is 0. The van der Waals surface area contributed by atoms with Crippen LogP contribution in [-0.2, 0) is 28.6 Å². The van der Waals surface area contributed by atoms with Crippen molar-refractivity contribution in [2.75, 3.05) is 13.2 Å². The maximum absolute atomic E-state index is 12.8. The molecular weight excluding hydrogens is 745 g/mol. The smallest absolute Gasteiger partial charge is 0.306 e. The molecule has 0 saturated heterocycles. The van der Waals surface area contributed by atoms with Crippen molar-refractivity contribution in [2.24, 2.45) is 5.92 Å². The molecule has 0 aliphatic rings. The lowest BCUT2D eigenvalue weighted by Crippen LogP contribution is -2.30. The van der Waals surface area contributed by atoms with Crippen LogP contribution >= 0.6 is 0 Å². The van der Waals surface area contributed by atoms with E-state index in [-0.39, 0.29) is 31.1 Å². The molecule has 0 fully saturated rings. The lowest BCUT2D eigenvalue weighted by Gasteiger charge is -2.18. The topological polar surface area (TPSA) is 78.9 Å². The second-order valence-corrected chi connectivity index (χ2v) is 19.0. The van der Waals surface area contributed by atoms with Crippen molar-refractivity contribution in [1.82, 2.24) is 0 Å². The summed E-state index contributed by atoms with van der Waals surface area (Å²) in [5, 5.41) is 0. The van der Waals surface area contributed by atoms with E-state index in [4.69, 9.17) is 14.2 Å². The predicted octanol–water partition coefficient (Wildman–Crippen LogP) is 17.5. The van der Waals surface area contributed by atoms with Crippen LogP contribution in [0.5, 0.6) is 0 Å². The van der Waals surface area contributed by atoms with Gasteiger partial charge in [0.25, 0.3) is 0 Å². The molecule has 60 heavy (non-hydrogen) atoms. The van der Waals surface area contributed by atoms with E-state index in [1.165, 1.54) is 199 Å². The highest BCUT2D eigenvalue weighted by Crippen LogP contribution is 2.17. The Morgan fingerprint density at radius 1 is 0.317 bits per heavy atom. The van der Waals surface area contributed by atoms with Crippen LogP contribution in [-0.4, -0.2) is 37.2 Å². The van der Waals surface area contributed by atoms with Gasteiger partial charge in [-0.1, -0.05) is 265 Å². The Balaban J connectivity index is 4.23. The van der Waals surface area contributed by atoms with Crippen molar-refractivity contribution < 1.29 is 28.6 Å². The molecule has 0 unspecified atom stereocenters. The zero-order chi connectivity index (χ0) is 43.8. The highest BCUT2D eigenvalue weighted by atomic mass is 16.6. The van der Waals surface area contributed by atoms with Gasteiger partial charge in [0.1, 0.15) is 13.2 Å². The number of hydrogen-bond acceptors (Lipinski definition) is 6. The SMILES string of the molecule is CCCCCCCCCCCCCCCCCCCCCC(=O)OC[C@H](COC(=O)CCCCCCCCCCCCC)OC(=O)CCCCCCCCCCCC(C)C. The Morgan fingerprint density at radius 2 is 0.550 bits per heavy atom. The Labute approximate surface area is 374 Å². The van der Waals surface area contributed by atoms with Crippen molar-refractivity contribution in [2.45, 2.75) is 310 Å². The summed E-state index contributed by atoms with van der Waals surface area (Å²) in [7, 11) is 0. The van der Waals surface area contributed by atoms with Crippen molar-refractivity contribution in [3.05, 3.63) is 0 Å². The van der Waals surface area contributed by atoms with Gasteiger partial charge in [-0.3, -0.25) is 14.4 Å². The Kier molecular flexibility index (Phi) is 47.2. The summed E-state index contributed by atoms with van der Waals surface area (Å²) in [6.45, 7) is 9.01. The number of carbonyl (C=O) groups is 3. The predicted molar refractivity (Wildman–Crippen MR) is 257 cm³/mol. The molecule has 6 heteroatoms. The molecule has 0 radical (unpaired) electrons. The number of carbonyl (C=O) groups excluding carboxylic acids is 3. The number of ether oxygens (including phenoxy) is 3. The molecule has 0 aliphatic heterocycles. The lowest BCUT2D eigenvalue weighted by atomic mass is 10.0. The van der Waals surface area contributed by atoms with Gasteiger partial charge >= 0.3 is 17.9 Å². The van der Waals surface area contributed by atoms with Gasteiger partial charge in [-0.15, -0.1) is 0 Å². The number of unbranched alkanes of at least 4 members (excludes halogenated alkanes) is 36. The Bertz CT molecular complexity index is 903. The fraction of sp³-hybridized carbons (Fsp3) is 0.944. The molecule has 356 valence electrons. The van der Waals surface area contributed by atoms with Gasteiger partial charge in [-0.2, -0.15) is 0 Å². The zero-order valence-electron chi connectivity index (χ0n) is 40.9. The summed E-state index contributed by atoms with van der Waals surface area (Å²) in [6, 6.07) is 0. The molecule has 6 nitrogen and oxygen atoms in total. The summed E-state index contributed by atoms with van der Waals surface area (Å²) >= 11 is 0. The standard InChI is InChI=1S/C54H104O6/c1-5-7-9-11-13-15-17-18-19-20-21-22-23-24-26-30-34-38-42-46-53(56)59-49-51(48-58-52(55)45-41-37-33-29-25-16-14-12-10-8-6-2)60-54(57)47-43-39-35-31-27-28-32-36-40-44-50(3)4/h50-51H,5-49H2,1-4H3/t51-/m0/s1. The van der Waals surface area contributed by atoms with Gasteiger partial charge in [-0.25, -0.2) is 0 Å². The molecule has 0 saturated carbocycles. The van der Waals surface area contributed by atoms with E-state index < -0.39 is 6.10 Å². The van der Waals surface area contributed by atoms with Crippen LogP contribution in [0.15, 0.2) is 0 Å². The highest BCUT2D eigenvalue weighted by Gasteiger charge is 2.19. The van der Waals surface area contributed by atoms with Gasteiger partial charge in [0.2, 0.25) is 0 Å². The summed E-state index contributed by atoms with van der Waals surface area (Å²) in [6.07, 6.45) is 51.0. The van der Waals surface area contributed by atoms with E-state index in [1.807, 2.05) is 0 Å². The molecule has 0 bridgehead atoms. The molecule has 0 N–H and O–H groups in total. The summed E-state index contributed by atoms with van der Waals surface area (Å²) in [5.74, 6) is -0.0388. The van der Waals surface area contributed by atoms with Crippen molar-refractivity contribution in [3.63, 3.8) is 0 Å². The molecule has 0 aromatic heterocycles. The van der Waals surface area contributed by atoms with Gasteiger partial charge in [-0.05, 0) is 25.2 Å². The molecular formula is C54H104O6. The third-order valence-electron chi connectivity index (χ3n) is 12.3. The fourth-order valence-corrected chi connectivity index (χ4v) is 8.22. The van der Waals surface area contributed by atoms with Crippen molar-refractivity contribution >= 4 is 17.9 Å². The Hall–Kier alpha value is -1.59. The minimum Gasteiger partial charge on any atom is -0.462 e. The second-order valence-electron chi connectivity index (χ2n) is 19.0. The molecule has 0 aliphatic carbocycles. The largest absolute Gasteiger partial charge is 0.462 e. The first-order valence-corrected chi connectivity index (χ1v) is 26.9. The molecule has 0 rings (SSSR count). The average molecular weight is 849 g/mol. The van der Waals surface area contributed by atoms with E-state index in [9.17, 15) is 14.4 Å². The average Bonchev–Trinajstić information content (AvgIpc) is 3.23. The van der Waals surface area contributed by atoms with E-state index in [0.29, 0.717) is 19.3 Å². The molecule has 0 spiro atoms. The van der Waals surface area contributed by atoms with Crippen LogP contribution in [0.2, 0.25) is 0 Å². The van der Waals surface area contributed by atoms with E-state index >= 15 is 0 Å². The highest BCUT2D eigenvalue weighted by molar-refractivity contribution is 5.71. The first-order chi connectivity index (χ1) is 29.4. The van der Waals surface area contributed by atoms with Crippen LogP contribution in [0.4, 0.5) is 0 Å². The van der Waals surface area contributed by atoms with E-state index in [1.54, 1.807) is 0 Å². The second kappa shape index (κ2) is 48.4. The van der Waals surface area contributed by atoms with Gasteiger partial charge in [0.15, 0.2) is 6.10 Å². The monoisotopic (exact) mass is 849 g/mol. The van der Waals surface area contributed by atoms with E-state index in [2.05, 4.69) is 27.7 Å². The quantitative estimate of drug-likeness (QED) is 0.0345. The summed E-state index contributed by atoms with van der Waals surface area (Å²) < 4.78 is 16.8. The normalized spacial score (nSPS) is 11.9. The van der Waals surface area contributed by atoms with E-state index in [0.717, 1.165) is 63.7 Å². The molecule has 0 amide bonds. The first kappa shape index (κ1) is 58.4. The lowest BCUT2D eigenvalue weighted by molar-refractivity contribution is -0.167. The van der Waals surface area contributed by atoms with Gasteiger partial charge < -0.3 is 14.2 Å². The maximum Gasteiger partial charge on any atom is 0.306 e. The summed E-state index contributed by atoms with van der Waals surface area (Å²) in [4.78, 5) is 37.9. The first-order valence-electron chi connectivity index (χ1n) is 26.9. The fourth-order valence-electron chi connectivity index (χ4n) is 8.22. The minimum absolute atomic E-state index is 0.0629. The van der Waals surface area contributed by atoms with Crippen molar-refractivity contribution in [3.8, 4) is 0 Å². The molecule has 0 aromatic carbocycles. The van der Waals surface area contributed by atoms with Crippen LogP contribution in [0, 0.1) is 5.92 Å². The van der Waals surface area contributed by atoms with Gasteiger partial charge in [0.05, 0.1) is 0 Å². The van der Waals surface area contributed by atoms with Crippen LogP contribution in [0.1, 0.15) is 304 Å². The molecule has 0 heterocycles.